The highest BCUT2D eigenvalue weighted by Gasteiger charge is 2.35. The summed E-state index contributed by atoms with van der Waals surface area (Å²) < 4.78 is 0. The molecule has 2 atom stereocenters. The van der Waals surface area contributed by atoms with Crippen LogP contribution in [-0.4, -0.2) is 64.4 Å². The van der Waals surface area contributed by atoms with Gasteiger partial charge in [-0.05, 0) is 43.7 Å². The third kappa shape index (κ3) is 3.58. The minimum absolute atomic E-state index is 0.00472. The van der Waals surface area contributed by atoms with E-state index < -0.39 is 18.7 Å². The normalized spacial score (nSPS) is 22.7. The molecule has 7 heteroatoms. The fourth-order valence-corrected chi connectivity index (χ4v) is 4.10. The first-order valence-corrected chi connectivity index (χ1v) is 9.11. The number of hydrogen-bond donors (Lipinski definition) is 2. The van der Waals surface area contributed by atoms with Crippen molar-refractivity contribution < 1.29 is 19.5 Å². The maximum atomic E-state index is 13.1. The van der Waals surface area contributed by atoms with Crippen molar-refractivity contribution in [3.8, 4) is 0 Å². The van der Waals surface area contributed by atoms with Gasteiger partial charge >= 0.3 is 6.03 Å². The van der Waals surface area contributed by atoms with E-state index in [1.165, 1.54) is 0 Å². The third-order valence-corrected chi connectivity index (χ3v) is 5.40. The number of hydrogen-bond acceptors (Lipinski definition) is 4. The van der Waals surface area contributed by atoms with E-state index in [1.807, 2.05) is 12.1 Å². The monoisotopic (exact) mass is 359 g/mol. The molecule has 3 N–H and O–H groups in total. The largest absolute Gasteiger partial charge is 0.389 e. The van der Waals surface area contributed by atoms with E-state index in [1.54, 1.807) is 21.9 Å². The van der Waals surface area contributed by atoms with E-state index in [2.05, 4.69) is 0 Å². The second-order valence-electron chi connectivity index (χ2n) is 6.97. The molecule has 26 heavy (non-hydrogen) atoms. The molecule has 0 spiro atoms. The maximum absolute atomic E-state index is 13.1. The summed E-state index contributed by atoms with van der Waals surface area (Å²) in [6.45, 7) is 0.613. The standard InChI is InChI=1S/C19H25N3O4/c20-19(26)21-9-3-6-14(21)11-13-5-1-2-7-15(13)18(25)22-10-4-8-16(22)17(24)12-23/h1-2,5,7,14,16,23H,3-4,6,8-12H2,(H2,20,26). The number of nitrogens with two attached hydrogens (primary N) is 1. The number of carbonyl (C=O) groups is 3. The Kier molecular flexibility index (Phi) is 5.56. The van der Waals surface area contributed by atoms with Crippen LogP contribution in [0.5, 0.6) is 0 Å². The molecule has 3 amide bonds. The summed E-state index contributed by atoms with van der Waals surface area (Å²) in [4.78, 5) is 39.8. The second-order valence-corrected chi connectivity index (χ2v) is 6.97. The Balaban J connectivity index is 1.81. The number of likely N-dealkylation sites (tertiary alicyclic amines) is 2. The lowest BCUT2D eigenvalue weighted by molar-refractivity contribution is -0.125. The van der Waals surface area contributed by atoms with Crippen LogP contribution in [-0.2, 0) is 11.2 Å². The zero-order valence-corrected chi connectivity index (χ0v) is 14.8. The number of carbonyl (C=O) groups excluding carboxylic acids is 3. The smallest absolute Gasteiger partial charge is 0.315 e. The van der Waals surface area contributed by atoms with Gasteiger partial charge in [-0.3, -0.25) is 9.59 Å². The number of urea groups is 1. The van der Waals surface area contributed by atoms with E-state index in [4.69, 9.17) is 10.8 Å². The Morgan fingerprint density at radius 2 is 1.77 bits per heavy atom. The first-order chi connectivity index (χ1) is 12.5. The number of benzene rings is 1. The van der Waals surface area contributed by atoms with Crippen LogP contribution in [0.25, 0.3) is 0 Å². The van der Waals surface area contributed by atoms with E-state index in [0.717, 1.165) is 24.8 Å². The van der Waals surface area contributed by atoms with Crippen molar-refractivity contribution in [1.29, 1.82) is 0 Å². The SMILES string of the molecule is NC(=O)N1CCCC1Cc1ccccc1C(=O)N1CCCC1C(=O)CO. The maximum Gasteiger partial charge on any atom is 0.315 e. The summed E-state index contributed by atoms with van der Waals surface area (Å²) in [6.07, 6.45) is 3.68. The summed E-state index contributed by atoms with van der Waals surface area (Å²) >= 11 is 0. The highest BCUT2D eigenvalue weighted by molar-refractivity contribution is 5.99. The van der Waals surface area contributed by atoms with Gasteiger partial charge in [0, 0.05) is 24.7 Å². The molecular weight excluding hydrogens is 334 g/mol. The second kappa shape index (κ2) is 7.86. The van der Waals surface area contributed by atoms with Crippen molar-refractivity contribution in [2.45, 2.75) is 44.2 Å². The van der Waals surface area contributed by atoms with E-state index >= 15 is 0 Å². The minimum atomic E-state index is -0.550. The topological polar surface area (TPSA) is 104 Å². The number of primary amides is 1. The lowest BCUT2D eigenvalue weighted by Gasteiger charge is -2.26. The van der Waals surface area contributed by atoms with Gasteiger partial charge in [-0.1, -0.05) is 18.2 Å². The molecule has 1 aromatic carbocycles. The van der Waals surface area contributed by atoms with Crippen molar-refractivity contribution in [3.63, 3.8) is 0 Å². The molecule has 2 aliphatic heterocycles. The Morgan fingerprint density at radius 1 is 1.08 bits per heavy atom. The first-order valence-electron chi connectivity index (χ1n) is 9.11. The fourth-order valence-electron chi connectivity index (χ4n) is 4.10. The average Bonchev–Trinajstić information content (AvgIpc) is 3.30. The third-order valence-electron chi connectivity index (χ3n) is 5.40. The zero-order chi connectivity index (χ0) is 18.7. The molecule has 2 aliphatic rings. The zero-order valence-electron chi connectivity index (χ0n) is 14.8. The number of aliphatic hydroxyl groups is 1. The van der Waals surface area contributed by atoms with Gasteiger partial charge in [0.25, 0.3) is 5.91 Å². The van der Waals surface area contributed by atoms with Crippen molar-refractivity contribution in [2.24, 2.45) is 5.73 Å². The lowest BCUT2D eigenvalue weighted by Crippen LogP contribution is -2.43. The van der Waals surface area contributed by atoms with E-state index in [-0.39, 0.29) is 17.7 Å². The minimum Gasteiger partial charge on any atom is -0.389 e. The van der Waals surface area contributed by atoms with Crippen molar-refractivity contribution in [2.75, 3.05) is 19.7 Å². The van der Waals surface area contributed by atoms with Gasteiger partial charge in [0.05, 0.1) is 6.04 Å². The molecule has 2 saturated heterocycles. The van der Waals surface area contributed by atoms with Gasteiger partial charge in [-0.15, -0.1) is 0 Å². The van der Waals surface area contributed by atoms with Crippen LogP contribution in [0.2, 0.25) is 0 Å². The Hall–Kier alpha value is -2.41. The molecule has 0 radical (unpaired) electrons. The quantitative estimate of drug-likeness (QED) is 0.816. The Labute approximate surface area is 152 Å². The molecule has 140 valence electrons. The van der Waals surface area contributed by atoms with Gasteiger partial charge in [-0.2, -0.15) is 0 Å². The van der Waals surface area contributed by atoms with Crippen LogP contribution in [0.3, 0.4) is 0 Å². The molecule has 0 saturated carbocycles. The molecule has 2 heterocycles. The van der Waals surface area contributed by atoms with Crippen LogP contribution in [0.1, 0.15) is 41.6 Å². The highest BCUT2D eigenvalue weighted by atomic mass is 16.3. The predicted octanol–water partition coefficient (Wildman–Crippen LogP) is 0.938. The van der Waals surface area contributed by atoms with E-state index in [0.29, 0.717) is 31.5 Å². The molecular formula is C19H25N3O4. The summed E-state index contributed by atoms with van der Waals surface area (Å²) in [6, 6.07) is 6.35. The molecule has 2 unspecified atom stereocenters. The number of rotatable bonds is 5. The number of ketones is 1. The van der Waals surface area contributed by atoms with Gasteiger partial charge in [-0.25, -0.2) is 4.79 Å². The fraction of sp³-hybridized carbons (Fsp3) is 0.526. The van der Waals surface area contributed by atoms with Crippen molar-refractivity contribution in [1.82, 2.24) is 9.80 Å². The van der Waals surface area contributed by atoms with Crippen LogP contribution in [0.15, 0.2) is 24.3 Å². The van der Waals surface area contributed by atoms with Gasteiger partial charge in [0.15, 0.2) is 5.78 Å². The number of Topliss-reactive ketones (excluding diaryl/α,β-unsaturated/α-hetero) is 1. The molecule has 0 aromatic heterocycles. The summed E-state index contributed by atoms with van der Waals surface area (Å²) in [7, 11) is 0. The number of nitrogens with zero attached hydrogens (tertiary/aromatic N) is 2. The van der Waals surface area contributed by atoms with Crippen molar-refractivity contribution in [3.05, 3.63) is 35.4 Å². The van der Waals surface area contributed by atoms with Crippen molar-refractivity contribution >= 4 is 17.7 Å². The van der Waals surface area contributed by atoms with E-state index in [9.17, 15) is 14.4 Å². The van der Waals surface area contributed by atoms with Crippen LogP contribution < -0.4 is 5.73 Å². The predicted molar refractivity (Wildman–Crippen MR) is 95.6 cm³/mol. The van der Waals surface area contributed by atoms with Crippen LogP contribution in [0, 0.1) is 0 Å². The van der Waals surface area contributed by atoms with Crippen LogP contribution >= 0.6 is 0 Å². The molecule has 7 nitrogen and oxygen atoms in total. The molecule has 3 rings (SSSR count). The van der Waals surface area contributed by atoms with Gasteiger partial charge in [0.1, 0.15) is 6.61 Å². The molecule has 0 bridgehead atoms. The van der Waals surface area contributed by atoms with Gasteiger partial charge < -0.3 is 20.6 Å². The molecule has 2 fully saturated rings. The highest BCUT2D eigenvalue weighted by Crippen LogP contribution is 2.26. The Morgan fingerprint density at radius 3 is 2.50 bits per heavy atom. The summed E-state index contributed by atoms with van der Waals surface area (Å²) in [5.74, 6) is -0.502. The first kappa shape index (κ1) is 18.4. The lowest BCUT2D eigenvalue weighted by atomic mass is 9.97. The molecule has 0 aliphatic carbocycles. The number of amides is 3. The Bertz CT molecular complexity index is 706. The number of aliphatic hydroxyl groups excluding tert-OH is 1. The summed E-state index contributed by atoms with van der Waals surface area (Å²) in [5.41, 5.74) is 6.87. The summed E-state index contributed by atoms with van der Waals surface area (Å²) in [5, 5.41) is 9.15. The van der Waals surface area contributed by atoms with Crippen LogP contribution in [0.4, 0.5) is 4.79 Å². The average molecular weight is 359 g/mol. The van der Waals surface area contributed by atoms with Gasteiger partial charge in [0.2, 0.25) is 0 Å². The molecule has 1 aromatic rings.